The summed E-state index contributed by atoms with van der Waals surface area (Å²) >= 11 is 0. The van der Waals surface area contributed by atoms with Crippen LogP contribution in [0.25, 0.3) is 0 Å². The lowest BCUT2D eigenvalue weighted by atomic mass is 9.90. The zero-order valence-corrected chi connectivity index (χ0v) is 11.9. The lowest BCUT2D eigenvalue weighted by Crippen LogP contribution is -2.36. The number of aryl methyl sites for hydroxylation is 1. The second-order valence-electron chi connectivity index (χ2n) is 5.49. The number of carbonyl (C=O) groups is 1. The van der Waals surface area contributed by atoms with Crippen molar-refractivity contribution >= 4 is 5.91 Å². The van der Waals surface area contributed by atoms with Crippen LogP contribution in [0.15, 0.2) is 47.3 Å². The highest BCUT2D eigenvalue weighted by atomic mass is 16.3. The molecule has 1 N–H and O–H groups in total. The summed E-state index contributed by atoms with van der Waals surface area (Å²) in [6, 6.07) is 7.66. The number of nitrogens with one attached hydrogen (secondary N) is 1. The minimum Gasteiger partial charge on any atom is -0.469 e. The van der Waals surface area contributed by atoms with E-state index in [9.17, 15) is 4.79 Å². The number of rotatable bonds is 6. The van der Waals surface area contributed by atoms with E-state index in [0.717, 1.165) is 17.7 Å². The third kappa shape index (κ3) is 3.95. The number of hydrogen-bond acceptors (Lipinski definition) is 3. The third-order valence-electron chi connectivity index (χ3n) is 3.31. The Balaban J connectivity index is 1.78. The third-order valence-corrected chi connectivity index (χ3v) is 3.31. The predicted octanol–water partition coefficient (Wildman–Crippen LogP) is 2.70. The van der Waals surface area contributed by atoms with Crippen LogP contribution < -0.4 is 5.32 Å². The first-order valence-electron chi connectivity index (χ1n) is 6.77. The second kappa shape index (κ2) is 6.37. The van der Waals surface area contributed by atoms with Crippen LogP contribution in [-0.2, 0) is 16.6 Å². The van der Waals surface area contributed by atoms with Crippen LogP contribution in [0.2, 0.25) is 0 Å². The lowest BCUT2D eigenvalue weighted by molar-refractivity contribution is -0.121. The van der Waals surface area contributed by atoms with E-state index in [1.54, 1.807) is 18.7 Å². The number of furan rings is 1. The topological polar surface area (TPSA) is 55.1 Å². The van der Waals surface area contributed by atoms with Crippen LogP contribution >= 0.6 is 0 Å². The molecule has 0 aliphatic heterocycles. The molecular formula is C16H20N2O2. The molecule has 0 atom stereocenters. The molecule has 0 unspecified atom stereocenters. The molecule has 4 heteroatoms. The minimum absolute atomic E-state index is 0.0569. The van der Waals surface area contributed by atoms with E-state index in [1.165, 1.54) is 0 Å². The van der Waals surface area contributed by atoms with E-state index in [2.05, 4.69) is 24.1 Å². The molecule has 0 aromatic carbocycles. The highest BCUT2D eigenvalue weighted by Gasteiger charge is 2.24. The van der Waals surface area contributed by atoms with Crippen molar-refractivity contribution in [2.24, 2.45) is 0 Å². The SMILES string of the molecule is CC(C)(CNC(=O)CCc1ccncc1)c1ccco1. The van der Waals surface area contributed by atoms with E-state index < -0.39 is 0 Å². The highest BCUT2D eigenvalue weighted by Crippen LogP contribution is 2.22. The van der Waals surface area contributed by atoms with Gasteiger partial charge in [-0.25, -0.2) is 0 Å². The molecule has 1 amide bonds. The molecule has 4 nitrogen and oxygen atoms in total. The zero-order chi connectivity index (χ0) is 14.4. The number of carbonyl (C=O) groups excluding carboxylic acids is 1. The van der Waals surface area contributed by atoms with Gasteiger partial charge in [0.15, 0.2) is 0 Å². The summed E-state index contributed by atoms with van der Waals surface area (Å²) in [5.74, 6) is 0.938. The number of aromatic nitrogens is 1. The fourth-order valence-corrected chi connectivity index (χ4v) is 1.97. The monoisotopic (exact) mass is 272 g/mol. The van der Waals surface area contributed by atoms with Crippen LogP contribution in [0.1, 0.15) is 31.6 Å². The van der Waals surface area contributed by atoms with Gasteiger partial charge in [-0.1, -0.05) is 13.8 Å². The first-order chi connectivity index (χ1) is 9.58. The van der Waals surface area contributed by atoms with Gasteiger partial charge in [0.1, 0.15) is 5.76 Å². The number of amides is 1. The maximum absolute atomic E-state index is 11.9. The quantitative estimate of drug-likeness (QED) is 0.879. The molecule has 0 aliphatic rings. The van der Waals surface area contributed by atoms with Crippen LogP contribution in [0.3, 0.4) is 0 Å². The van der Waals surface area contributed by atoms with Crippen molar-refractivity contribution in [1.82, 2.24) is 10.3 Å². The van der Waals surface area contributed by atoms with E-state index in [4.69, 9.17) is 4.42 Å². The van der Waals surface area contributed by atoms with Crippen molar-refractivity contribution in [2.45, 2.75) is 32.1 Å². The summed E-state index contributed by atoms with van der Waals surface area (Å²) < 4.78 is 5.40. The zero-order valence-electron chi connectivity index (χ0n) is 11.9. The van der Waals surface area contributed by atoms with E-state index in [1.807, 2.05) is 24.3 Å². The molecule has 2 aromatic heterocycles. The standard InChI is InChI=1S/C16H20N2O2/c1-16(2,14-4-3-11-20-14)12-18-15(19)6-5-13-7-9-17-10-8-13/h3-4,7-11H,5-6,12H2,1-2H3,(H,18,19). The molecule has 0 saturated heterocycles. The Kier molecular flexibility index (Phi) is 4.56. The Morgan fingerprint density at radius 2 is 2.05 bits per heavy atom. The number of hydrogen-bond donors (Lipinski definition) is 1. The van der Waals surface area contributed by atoms with Gasteiger partial charge in [-0.05, 0) is 36.2 Å². The average molecular weight is 272 g/mol. The molecule has 0 spiro atoms. The van der Waals surface area contributed by atoms with Crippen molar-refractivity contribution in [3.05, 3.63) is 54.2 Å². The van der Waals surface area contributed by atoms with Crippen LogP contribution in [0.5, 0.6) is 0 Å². The minimum atomic E-state index is -0.199. The van der Waals surface area contributed by atoms with Gasteiger partial charge in [0.2, 0.25) is 5.91 Å². The van der Waals surface area contributed by atoms with Crippen molar-refractivity contribution in [3.63, 3.8) is 0 Å². The molecule has 20 heavy (non-hydrogen) atoms. The van der Waals surface area contributed by atoms with Crippen molar-refractivity contribution < 1.29 is 9.21 Å². The van der Waals surface area contributed by atoms with Gasteiger partial charge in [0.05, 0.1) is 6.26 Å². The van der Waals surface area contributed by atoms with Gasteiger partial charge in [0.25, 0.3) is 0 Å². The van der Waals surface area contributed by atoms with Gasteiger partial charge in [-0.2, -0.15) is 0 Å². The summed E-state index contributed by atoms with van der Waals surface area (Å²) in [5.41, 5.74) is 0.927. The first-order valence-corrected chi connectivity index (χ1v) is 6.77. The van der Waals surface area contributed by atoms with E-state index >= 15 is 0 Å². The van der Waals surface area contributed by atoms with Gasteiger partial charge < -0.3 is 9.73 Å². The summed E-state index contributed by atoms with van der Waals surface area (Å²) in [6.07, 6.45) is 6.36. The van der Waals surface area contributed by atoms with Gasteiger partial charge in [-0.15, -0.1) is 0 Å². The largest absolute Gasteiger partial charge is 0.469 e. The Labute approximate surface area is 119 Å². The molecule has 106 valence electrons. The molecule has 0 saturated carbocycles. The average Bonchev–Trinajstić information content (AvgIpc) is 2.99. The van der Waals surface area contributed by atoms with Crippen molar-refractivity contribution in [3.8, 4) is 0 Å². The van der Waals surface area contributed by atoms with Gasteiger partial charge in [0, 0.05) is 30.8 Å². The van der Waals surface area contributed by atoms with Crippen LogP contribution in [0.4, 0.5) is 0 Å². The molecule has 0 radical (unpaired) electrons. The highest BCUT2D eigenvalue weighted by molar-refractivity contribution is 5.76. The van der Waals surface area contributed by atoms with Crippen molar-refractivity contribution in [2.75, 3.05) is 6.54 Å². The van der Waals surface area contributed by atoms with Gasteiger partial charge in [-0.3, -0.25) is 9.78 Å². The summed E-state index contributed by atoms with van der Waals surface area (Å²) in [6.45, 7) is 4.67. The fraction of sp³-hybridized carbons (Fsp3) is 0.375. The van der Waals surface area contributed by atoms with E-state index in [-0.39, 0.29) is 11.3 Å². The van der Waals surface area contributed by atoms with Gasteiger partial charge >= 0.3 is 0 Å². The smallest absolute Gasteiger partial charge is 0.220 e. The van der Waals surface area contributed by atoms with Crippen LogP contribution in [-0.4, -0.2) is 17.4 Å². The van der Waals surface area contributed by atoms with Crippen molar-refractivity contribution in [1.29, 1.82) is 0 Å². The number of pyridine rings is 1. The lowest BCUT2D eigenvalue weighted by Gasteiger charge is -2.22. The normalized spacial score (nSPS) is 11.3. The second-order valence-corrected chi connectivity index (χ2v) is 5.49. The molecular weight excluding hydrogens is 252 g/mol. The maximum Gasteiger partial charge on any atom is 0.220 e. The summed E-state index contributed by atoms with van der Waals surface area (Å²) in [5, 5.41) is 2.97. The Morgan fingerprint density at radius 1 is 1.30 bits per heavy atom. The molecule has 2 aromatic rings. The van der Waals surface area contributed by atoms with Crippen LogP contribution in [0, 0.1) is 0 Å². The molecule has 2 heterocycles. The predicted molar refractivity (Wildman–Crippen MR) is 77.3 cm³/mol. The Morgan fingerprint density at radius 3 is 2.70 bits per heavy atom. The molecule has 0 bridgehead atoms. The molecule has 0 fully saturated rings. The number of nitrogens with zero attached hydrogens (tertiary/aromatic N) is 1. The fourth-order valence-electron chi connectivity index (χ4n) is 1.97. The first kappa shape index (κ1) is 14.3. The molecule has 0 aliphatic carbocycles. The maximum atomic E-state index is 11.9. The summed E-state index contributed by atoms with van der Waals surface area (Å²) in [7, 11) is 0. The van der Waals surface area contributed by atoms with E-state index in [0.29, 0.717) is 13.0 Å². The summed E-state index contributed by atoms with van der Waals surface area (Å²) in [4.78, 5) is 15.8. The Hall–Kier alpha value is -2.10. The molecule has 2 rings (SSSR count). The Bertz CT molecular complexity index is 533.